The number of aromatic carboxylic acids is 1. The molecule has 0 radical (unpaired) electrons. The van der Waals surface area contributed by atoms with Gasteiger partial charge in [0.25, 0.3) is 0 Å². The highest BCUT2D eigenvalue weighted by molar-refractivity contribution is 6.33. The van der Waals surface area contributed by atoms with E-state index >= 15 is 0 Å². The van der Waals surface area contributed by atoms with Gasteiger partial charge in [-0.15, -0.1) is 0 Å². The number of hydrogen-bond donors (Lipinski definition) is 1. The van der Waals surface area contributed by atoms with E-state index in [1.54, 1.807) is 12.1 Å². The number of aryl methyl sites for hydroxylation is 2. The Labute approximate surface area is 111 Å². The molecule has 18 heavy (non-hydrogen) atoms. The Morgan fingerprint density at radius 3 is 2.44 bits per heavy atom. The van der Waals surface area contributed by atoms with Crippen molar-refractivity contribution in [1.82, 2.24) is 0 Å². The number of carboxylic acid groups (broad SMARTS) is 1. The van der Waals surface area contributed by atoms with Crippen LogP contribution in [0.4, 0.5) is 0 Å². The van der Waals surface area contributed by atoms with Crippen LogP contribution in [0.1, 0.15) is 21.5 Å². The molecule has 0 aromatic heterocycles. The van der Waals surface area contributed by atoms with Gasteiger partial charge in [0.05, 0.1) is 10.6 Å². The van der Waals surface area contributed by atoms with Crippen molar-refractivity contribution in [2.24, 2.45) is 0 Å². The fraction of sp³-hybridized carbons (Fsp3) is 0.133. The fourth-order valence-corrected chi connectivity index (χ4v) is 2.19. The second-order valence-electron chi connectivity index (χ2n) is 4.32. The normalized spacial score (nSPS) is 10.4. The lowest BCUT2D eigenvalue weighted by Gasteiger charge is -2.09. The number of carbonyl (C=O) groups is 1. The van der Waals surface area contributed by atoms with Crippen LogP contribution >= 0.6 is 11.6 Å². The molecule has 3 heteroatoms. The Morgan fingerprint density at radius 1 is 1.11 bits per heavy atom. The molecule has 92 valence electrons. The lowest BCUT2D eigenvalue weighted by Crippen LogP contribution is -1.98. The van der Waals surface area contributed by atoms with Crippen molar-refractivity contribution in [3.63, 3.8) is 0 Å². The molecular formula is C15H13ClO2. The smallest absolute Gasteiger partial charge is 0.337 e. The number of rotatable bonds is 2. The highest BCUT2D eigenvalue weighted by Gasteiger charge is 2.11. The summed E-state index contributed by atoms with van der Waals surface area (Å²) in [6, 6.07) is 11.2. The van der Waals surface area contributed by atoms with Gasteiger partial charge >= 0.3 is 5.97 Å². The van der Waals surface area contributed by atoms with Crippen LogP contribution in [0.2, 0.25) is 5.02 Å². The van der Waals surface area contributed by atoms with Crippen molar-refractivity contribution in [3.05, 3.63) is 58.1 Å². The minimum absolute atomic E-state index is 0.133. The maximum Gasteiger partial charge on any atom is 0.337 e. The summed E-state index contributed by atoms with van der Waals surface area (Å²) >= 11 is 5.86. The molecular weight excluding hydrogens is 248 g/mol. The zero-order valence-corrected chi connectivity index (χ0v) is 11.0. The van der Waals surface area contributed by atoms with Crippen LogP contribution in [0, 0.1) is 13.8 Å². The minimum Gasteiger partial charge on any atom is -0.478 e. The van der Waals surface area contributed by atoms with E-state index in [1.165, 1.54) is 5.56 Å². The Balaban J connectivity index is 2.58. The fourth-order valence-electron chi connectivity index (χ4n) is 1.99. The maximum absolute atomic E-state index is 11.1. The molecule has 0 unspecified atom stereocenters. The third-order valence-corrected chi connectivity index (χ3v) is 3.22. The summed E-state index contributed by atoms with van der Waals surface area (Å²) in [6.07, 6.45) is 0. The first-order valence-corrected chi connectivity index (χ1v) is 5.97. The van der Waals surface area contributed by atoms with E-state index in [9.17, 15) is 4.79 Å². The predicted octanol–water partition coefficient (Wildman–Crippen LogP) is 4.32. The average molecular weight is 261 g/mol. The van der Waals surface area contributed by atoms with Crippen LogP contribution in [0.3, 0.4) is 0 Å². The maximum atomic E-state index is 11.1. The molecule has 0 saturated carbocycles. The molecule has 0 aliphatic carbocycles. The van der Waals surface area contributed by atoms with Gasteiger partial charge in [0.1, 0.15) is 0 Å². The van der Waals surface area contributed by atoms with E-state index in [-0.39, 0.29) is 10.6 Å². The molecule has 0 atom stereocenters. The summed E-state index contributed by atoms with van der Waals surface area (Å²) in [5.41, 5.74) is 4.33. The Bertz CT molecular complexity index is 618. The quantitative estimate of drug-likeness (QED) is 0.873. The van der Waals surface area contributed by atoms with Crippen molar-refractivity contribution in [3.8, 4) is 11.1 Å². The van der Waals surface area contributed by atoms with Crippen molar-refractivity contribution >= 4 is 17.6 Å². The summed E-state index contributed by atoms with van der Waals surface area (Å²) in [4.78, 5) is 11.1. The van der Waals surface area contributed by atoms with Crippen LogP contribution in [-0.2, 0) is 0 Å². The summed E-state index contributed by atoms with van der Waals surface area (Å²) in [5.74, 6) is -1.01. The van der Waals surface area contributed by atoms with Crippen molar-refractivity contribution < 1.29 is 9.90 Å². The molecule has 0 saturated heterocycles. The standard InChI is InChI=1S/C15H13ClO2/c1-9-3-5-12(10(2)7-9)11-4-6-14(16)13(8-11)15(17)18/h3-8H,1-2H3,(H,17,18). The average Bonchev–Trinajstić information content (AvgIpc) is 2.30. The Hall–Kier alpha value is -1.80. The van der Waals surface area contributed by atoms with Crippen molar-refractivity contribution in [1.29, 1.82) is 0 Å². The van der Waals surface area contributed by atoms with Crippen LogP contribution in [0.25, 0.3) is 11.1 Å². The number of hydrogen-bond acceptors (Lipinski definition) is 1. The van der Waals surface area contributed by atoms with E-state index in [2.05, 4.69) is 6.07 Å². The summed E-state index contributed by atoms with van der Waals surface area (Å²) < 4.78 is 0. The van der Waals surface area contributed by atoms with E-state index in [0.29, 0.717) is 0 Å². The number of benzene rings is 2. The van der Waals surface area contributed by atoms with Gasteiger partial charge in [0, 0.05) is 0 Å². The van der Waals surface area contributed by atoms with E-state index in [0.717, 1.165) is 16.7 Å². The molecule has 2 nitrogen and oxygen atoms in total. The molecule has 0 amide bonds. The molecule has 0 bridgehead atoms. The summed E-state index contributed by atoms with van der Waals surface area (Å²) in [7, 11) is 0. The van der Waals surface area contributed by atoms with Gasteiger partial charge < -0.3 is 5.11 Å². The first-order valence-electron chi connectivity index (χ1n) is 5.59. The van der Waals surface area contributed by atoms with Crippen LogP contribution in [-0.4, -0.2) is 11.1 Å². The van der Waals surface area contributed by atoms with Gasteiger partial charge in [-0.25, -0.2) is 4.79 Å². The molecule has 2 rings (SSSR count). The lowest BCUT2D eigenvalue weighted by molar-refractivity contribution is 0.0697. The van der Waals surface area contributed by atoms with Gasteiger partial charge in [0.15, 0.2) is 0 Å². The van der Waals surface area contributed by atoms with Gasteiger partial charge in [-0.2, -0.15) is 0 Å². The molecule has 0 fully saturated rings. The summed E-state index contributed by atoms with van der Waals surface area (Å²) in [5, 5.41) is 9.33. The second-order valence-corrected chi connectivity index (χ2v) is 4.73. The first-order chi connectivity index (χ1) is 8.49. The molecule has 0 aliphatic rings. The highest BCUT2D eigenvalue weighted by atomic mass is 35.5. The zero-order chi connectivity index (χ0) is 13.3. The van der Waals surface area contributed by atoms with Gasteiger partial charge in [-0.1, -0.05) is 41.4 Å². The molecule has 2 aromatic rings. The molecule has 0 aliphatic heterocycles. The third kappa shape index (κ3) is 2.39. The van der Waals surface area contributed by atoms with Crippen LogP contribution in [0.5, 0.6) is 0 Å². The molecule has 0 heterocycles. The van der Waals surface area contributed by atoms with Gasteiger partial charge in [0.2, 0.25) is 0 Å². The third-order valence-electron chi connectivity index (χ3n) is 2.89. The van der Waals surface area contributed by atoms with Crippen LogP contribution in [0.15, 0.2) is 36.4 Å². The SMILES string of the molecule is Cc1ccc(-c2ccc(Cl)c(C(=O)O)c2)c(C)c1. The zero-order valence-electron chi connectivity index (χ0n) is 10.2. The predicted molar refractivity (Wildman–Crippen MR) is 73.3 cm³/mol. The second kappa shape index (κ2) is 4.83. The number of carboxylic acids is 1. The highest BCUT2D eigenvalue weighted by Crippen LogP contribution is 2.28. The monoisotopic (exact) mass is 260 g/mol. The van der Waals surface area contributed by atoms with E-state index < -0.39 is 5.97 Å². The first kappa shape index (κ1) is 12.7. The van der Waals surface area contributed by atoms with Gasteiger partial charge in [-0.3, -0.25) is 0 Å². The largest absolute Gasteiger partial charge is 0.478 e. The molecule has 1 N–H and O–H groups in total. The Kier molecular flexibility index (Phi) is 3.39. The Morgan fingerprint density at radius 2 is 1.83 bits per heavy atom. The van der Waals surface area contributed by atoms with Gasteiger partial charge in [-0.05, 0) is 42.7 Å². The molecule has 0 spiro atoms. The number of halogens is 1. The van der Waals surface area contributed by atoms with E-state index in [1.807, 2.05) is 32.0 Å². The molecule has 2 aromatic carbocycles. The minimum atomic E-state index is -1.01. The van der Waals surface area contributed by atoms with E-state index in [4.69, 9.17) is 16.7 Å². The van der Waals surface area contributed by atoms with Crippen LogP contribution < -0.4 is 0 Å². The summed E-state index contributed by atoms with van der Waals surface area (Å²) in [6.45, 7) is 4.04. The topological polar surface area (TPSA) is 37.3 Å². The lowest BCUT2D eigenvalue weighted by atomic mass is 9.97. The van der Waals surface area contributed by atoms with Crippen molar-refractivity contribution in [2.45, 2.75) is 13.8 Å². The van der Waals surface area contributed by atoms with Crippen molar-refractivity contribution in [2.75, 3.05) is 0 Å².